The molecule has 0 aromatic heterocycles. The van der Waals surface area contributed by atoms with Crippen molar-refractivity contribution in [3.63, 3.8) is 0 Å². The van der Waals surface area contributed by atoms with Gasteiger partial charge in [0, 0.05) is 5.56 Å². The minimum Gasteiger partial charge on any atom is -0.293 e. The summed E-state index contributed by atoms with van der Waals surface area (Å²) in [5.41, 5.74) is -1.61. The fourth-order valence-corrected chi connectivity index (χ4v) is 1.78. The molecule has 6 heteroatoms. The van der Waals surface area contributed by atoms with Gasteiger partial charge in [0.1, 0.15) is 0 Å². The second kappa shape index (κ2) is 4.63. The Hall–Kier alpha value is -0.740. The molecule has 1 aromatic carbocycles. The van der Waals surface area contributed by atoms with Crippen molar-refractivity contribution in [2.24, 2.45) is 0 Å². The van der Waals surface area contributed by atoms with E-state index >= 15 is 0 Å². The van der Waals surface area contributed by atoms with Gasteiger partial charge < -0.3 is 0 Å². The highest BCUT2D eigenvalue weighted by atomic mass is 35.5. The first-order valence-corrected chi connectivity index (χ1v) is 5.15. The average Bonchev–Trinajstić information content (AvgIpc) is 2.18. The third-order valence-corrected chi connectivity index (χ3v) is 2.60. The zero-order valence-corrected chi connectivity index (χ0v) is 9.67. The van der Waals surface area contributed by atoms with Crippen molar-refractivity contribution in [2.45, 2.75) is 13.1 Å². The van der Waals surface area contributed by atoms with Crippen LogP contribution in [0.4, 0.5) is 13.2 Å². The van der Waals surface area contributed by atoms with Gasteiger partial charge >= 0.3 is 6.18 Å². The van der Waals surface area contributed by atoms with Crippen LogP contribution in [0.2, 0.25) is 5.02 Å². The standard InChI is InChI=1S/C10H7Cl2F3O/c1-5-2-3-6(12)8(7(16)4-11)9(5)10(13,14)15/h2-3H,4H2,1H3. The maximum atomic E-state index is 12.7. The first-order chi connectivity index (χ1) is 7.29. The molecule has 0 spiro atoms. The Kier molecular flexibility index (Phi) is 3.86. The maximum absolute atomic E-state index is 12.7. The molecule has 0 bridgehead atoms. The lowest BCUT2D eigenvalue weighted by molar-refractivity contribution is -0.138. The van der Waals surface area contributed by atoms with Crippen LogP contribution in [0.25, 0.3) is 0 Å². The van der Waals surface area contributed by atoms with Gasteiger partial charge in [-0.2, -0.15) is 13.2 Å². The van der Waals surface area contributed by atoms with Gasteiger partial charge in [-0.15, -0.1) is 11.6 Å². The van der Waals surface area contributed by atoms with Crippen LogP contribution in [0.3, 0.4) is 0 Å². The number of Topliss-reactive ketones (excluding diaryl/α,β-unsaturated/α-hetero) is 1. The Labute approximate surface area is 100 Å². The Morgan fingerprint density at radius 2 is 1.94 bits per heavy atom. The number of hydrogen-bond acceptors (Lipinski definition) is 1. The van der Waals surface area contributed by atoms with E-state index < -0.39 is 29.0 Å². The van der Waals surface area contributed by atoms with Crippen molar-refractivity contribution in [1.82, 2.24) is 0 Å². The second-order valence-corrected chi connectivity index (χ2v) is 3.84. The van der Waals surface area contributed by atoms with Crippen LogP contribution in [-0.2, 0) is 6.18 Å². The molecule has 0 radical (unpaired) electrons. The summed E-state index contributed by atoms with van der Waals surface area (Å²) in [5, 5.41) is -0.233. The molecule has 0 aliphatic rings. The van der Waals surface area contributed by atoms with Gasteiger partial charge in [0.2, 0.25) is 0 Å². The van der Waals surface area contributed by atoms with E-state index in [1.165, 1.54) is 19.1 Å². The molecule has 0 aliphatic carbocycles. The van der Waals surface area contributed by atoms with Crippen molar-refractivity contribution in [3.05, 3.63) is 33.8 Å². The fourth-order valence-electron chi connectivity index (χ4n) is 1.39. The number of hydrogen-bond donors (Lipinski definition) is 0. The number of carbonyl (C=O) groups is 1. The van der Waals surface area contributed by atoms with E-state index in [0.717, 1.165) is 0 Å². The van der Waals surface area contributed by atoms with Gasteiger partial charge in [-0.1, -0.05) is 17.7 Å². The van der Waals surface area contributed by atoms with Crippen LogP contribution in [0.15, 0.2) is 12.1 Å². The molecule has 1 rings (SSSR count). The number of rotatable bonds is 2. The Morgan fingerprint density at radius 1 is 1.38 bits per heavy atom. The van der Waals surface area contributed by atoms with Gasteiger partial charge in [0.05, 0.1) is 16.5 Å². The Balaban J connectivity index is 3.56. The molecule has 16 heavy (non-hydrogen) atoms. The third-order valence-electron chi connectivity index (χ3n) is 2.05. The van der Waals surface area contributed by atoms with Gasteiger partial charge in [-0.3, -0.25) is 4.79 Å². The molecule has 0 saturated heterocycles. The van der Waals surface area contributed by atoms with Gasteiger partial charge in [-0.25, -0.2) is 0 Å². The zero-order chi connectivity index (χ0) is 12.5. The lowest BCUT2D eigenvalue weighted by atomic mass is 9.99. The molecular weight excluding hydrogens is 264 g/mol. The van der Waals surface area contributed by atoms with Crippen molar-refractivity contribution in [1.29, 1.82) is 0 Å². The Morgan fingerprint density at radius 3 is 2.38 bits per heavy atom. The minimum absolute atomic E-state index is 0.0506. The van der Waals surface area contributed by atoms with Crippen molar-refractivity contribution < 1.29 is 18.0 Å². The van der Waals surface area contributed by atoms with Gasteiger partial charge in [0.25, 0.3) is 0 Å². The summed E-state index contributed by atoms with van der Waals surface area (Å²) >= 11 is 10.9. The SMILES string of the molecule is Cc1ccc(Cl)c(C(=O)CCl)c1C(F)(F)F. The molecule has 0 N–H and O–H groups in total. The number of carbonyl (C=O) groups excluding carboxylic acids is 1. The number of halogens is 5. The summed E-state index contributed by atoms with van der Waals surface area (Å²) in [7, 11) is 0. The van der Waals surface area contributed by atoms with Crippen LogP contribution in [0.1, 0.15) is 21.5 Å². The quantitative estimate of drug-likeness (QED) is 0.585. The zero-order valence-electron chi connectivity index (χ0n) is 8.16. The molecule has 0 atom stereocenters. The molecule has 0 unspecified atom stereocenters. The molecular formula is C10H7Cl2F3O. The normalized spacial score (nSPS) is 11.6. The molecule has 0 aliphatic heterocycles. The van der Waals surface area contributed by atoms with Crippen LogP contribution in [0.5, 0.6) is 0 Å². The van der Waals surface area contributed by atoms with Crippen LogP contribution in [-0.4, -0.2) is 11.7 Å². The van der Waals surface area contributed by atoms with Crippen molar-refractivity contribution in [3.8, 4) is 0 Å². The van der Waals surface area contributed by atoms with E-state index in [2.05, 4.69) is 0 Å². The summed E-state index contributed by atoms with van der Waals surface area (Å²) < 4.78 is 38.2. The van der Waals surface area contributed by atoms with E-state index in [0.29, 0.717) is 0 Å². The van der Waals surface area contributed by atoms with E-state index in [1.807, 2.05) is 0 Å². The van der Waals surface area contributed by atoms with Gasteiger partial charge in [0.15, 0.2) is 5.78 Å². The van der Waals surface area contributed by atoms with Crippen LogP contribution in [0, 0.1) is 6.92 Å². The average molecular weight is 271 g/mol. The monoisotopic (exact) mass is 270 g/mol. The lowest BCUT2D eigenvalue weighted by Crippen LogP contribution is -2.16. The number of ketones is 1. The molecule has 1 aromatic rings. The highest BCUT2D eigenvalue weighted by Crippen LogP contribution is 2.37. The Bertz CT molecular complexity index is 427. The molecule has 0 heterocycles. The smallest absolute Gasteiger partial charge is 0.293 e. The topological polar surface area (TPSA) is 17.1 Å². The predicted octanol–water partition coefficient (Wildman–Crippen LogP) is 4.09. The summed E-state index contributed by atoms with van der Waals surface area (Å²) in [5.74, 6) is -1.37. The molecule has 1 nitrogen and oxygen atoms in total. The fraction of sp³-hybridized carbons (Fsp3) is 0.300. The predicted molar refractivity (Wildman–Crippen MR) is 56.2 cm³/mol. The number of aryl methyl sites for hydroxylation is 1. The number of benzene rings is 1. The highest BCUT2D eigenvalue weighted by Gasteiger charge is 2.37. The van der Waals surface area contributed by atoms with Crippen molar-refractivity contribution in [2.75, 3.05) is 5.88 Å². The molecule has 0 amide bonds. The van der Waals surface area contributed by atoms with E-state index in [4.69, 9.17) is 23.2 Å². The highest BCUT2D eigenvalue weighted by molar-refractivity contribution is 6.37. The van der Waals surface area contributed by atoms with Crippen LogP contribution < -0.4 is 0 Å². The first kappa shape index (κ1) is 13.3. The van der Waals surface area contributed by atoms with E-state index in [-0.39, 0.29) is 10.6 Å². The summed E-state index contributed by atoms with van der Waals surface area (Å²) in [4.78, 5) is 11.3. The third kappa shape index (κ3) is 2.50. The summed E-state index contributed by atoms with van der Waals surface area (Å²) in [6.45, 7) is 1.27. The van der Waals surface area contributed by atoms with Gasteiger partial charge in [-0.05, 0) is 18.6 Å². The molecule has 0 fully saturated rings. The first-order valence-electron chi connectivity index (χ1n) is 4.24. The largest absolute Gasteiger partial charge is 0.417 e. The number of alkyl halides is 4. The van der Waals surface area contributed by atoms with E-state index in [1.54, 1.807) is 0 Å². The molecule has 0 saturated carbocycles. The summed E-state index contributed by atoms with van der Waals surface area (Å²) in [6.07, 6.45) is -4.62. The van der Waals surface area contributed by atoms with Crippen LogP contribution >= 0.6 is 23.2 Å². The lowest BCUT2D eigenvalue weighted by Gasteiger charge is -2.15. The maximum Gasteiger partial charge on any atom is 0.417 e. The second-order valence-electron chi connectivity index (χ2n) is 3.17. The minimum atomic E-state index is -4.62. The van der Waals surface area contributed by atoms with Crippen molar-refractivity contribution >= 4 is 29.0 Å². The summed E-state index contributed by atoms with van der Waals surface area (Å²) in [6, 6.07) is 2.47. The van der Waals surface area contributed by atoms with E-state index in [9.17, 15) is 18.0 Å². The molecule has 88 valence electrons.